The zero-order valence-electron chi connectivity index (χ0n) is 13.4. The van der Waals surface area contributed by atoms with Crippen molar-refractivity contribution in [1.29, 1.82) is 0 Å². The van der Waals surface area contributed by atoms with E-state index in [2.05, 4.69) is 15.0 Å². The highest BCUT2D eigenvalue weighted by atomic mass is 32.2. The normalized spacial score (nSPS) is 20.1. The van der Waals surface area contributed by atoms with Gasteiger partial charge in [0.2, 0.25) is 11.7 Å². The van der Waals surface area contributed by atoms with Gasteiger partial charge in [0, 0.05) is 12.1 Å². The Balaban J connectivity index is 1.79. The molecule has 0 N–H and O–H groups in total. The van der Waals surface area contributed by atoms with Crippen LogP contribution >= 0.6 is 0 Å². The van der Waals surface area contributed by atoms with E-state index < -0.39 is 9.84 Å². The van der Waals surface area contributed by atoms with Gasteiger partial charge < -0.3 is 4.52 Å². The van der Waals surface area contributed by atoms with Crippen molar-refractivity contribution >= 4 is 9.84 Å². The van der Waals surface area contributed by atoms with Crippen molar-refractivity contribution in [3.8, 4) is 11.4 Å². The van der Waals surface area contributed by atoms with Gasteiger partial charge in [-0.05, 0) is 32.4 Å². The van der Waals surface area contributed by atoms with Crippen LogP contribution in [0.25, 0.3) is 11.4 Å². The highest BCUT2D eigenvalue weighted by Crippen LogP contribution is 2.25. The van der Waals surface area contributed by atoms with Crippen LogP contribution in [-0.2, 0) is 9.84 Å². The summed E-state index contributed by atoms with van der Waals surface area (Å²) in [5.74, 6) is 1.56. The monoisotopic (exact) mass is 335 g/mol. The summed E-state index contributed by atoms with van der Waals surface area (Å²) < 4.78 is 28.9. The first-order chi connectivity index (χ1) is 11.0. The van der Waals surface area contributed by atoms with E-state index >= 15 is 0 Å². The number of aromatic nitrogens is 2. The molecular formula is C16H21N3O3S. The van der Waals surface area contributed by atoms with Crippen molar-refractivity contribution in [3.05, 3.63) is 35.7 Å². The lowest BCUT2D eigenvalue weighted by Gasteiger charge is -2.23. The maximum atomic E-state index is 11.7. The number of hydrogen-bond acceptors (Lipinski definition) is 6. The van der Waals surface area contributed by atoms with Crippen LogP contribution in [0.2, 0.25) is 0 Å². The van der Waals surface area contributed by atoms with Gasteiger partial charge in [-0.15, -0.1) is 0 Å². The van der Waals surface area contributed by atoms with Crippen LogP contribution in [0.15, 0.2) is 28.8 Å². The van der Waals surface area contributed by atoms with Gasteiger partial charge in [0.05, 0.1) is 17.5 Å². The number of rotatable bonds is 3. The quantitative estimate of drug-likeness (QED) is 0.856. The molecule has 0 aliphatic carbocycles. The molecular weight excluding hydrogens is 314 g/mol. The van der Waals surface area contributed by atoms with Crippen molar-refractivity contribution in [3.63, 3.8) is 0 Å². The second kappa shape index (κ2) is 6.41. The molecule has 0 saturated carbocycles. The van der Waals surface area contributed by atoms with Crippen molar-refractivity contribution in [2.24, 2.45) is 0 Å². The fourth-order valence-electron chi connectivity index (χ4n) is 2.84. The van der Waals surface area contributed by atoms with Crippen molar-refractivity contribution in [1.82, 2.24) is 15.0 Å². The minimum absolute atomic E-state index is 0.0893. The first kappa shape index (κ1) is 16.1. The summed E-state index contributed by atoms with van der Waals surface area (Å²) in [5, 5.41) is 4.08. The van der Waals surface area contributed by atoms with Crippen molar-refractivity contribution in [2.75, 3.05) is 24.6 Å². The Bertz CT molecular complexity index is 785. The summed E-state index contributed by atoms with van der Waals surface area (Å²) in [6.07, 6.45) is 0.644. The maximum Gasteiger partial charge on any atom is 0.244 e. The lowest BCUT2D eigenvalue weighted by atomic mass is 10.1. The molecule has 6 nitrogen and oxygen atoms in total. The van der Waals surface area contributed by atoms with Crippen molar-refractivity contribution in [2.45, 2.75) is 26.3 Å². The van der Waals surface area contributed by atoms with Gasteiger partial charge >= 0.3 is 0 Å². The minimum atomic E-state index is -2.92. The van der Waals surface area contributed by atoms with Gasteiger partial charge in [0.1, 0.15) is 0 Å². The highest BCUT2D eigenvalue weighted by Gasteiger charge is 2.26. The van der Waals surface area contributed by atoms with Gasteiger partial charge in [-0.3, -0.25) is 4.90 Å². The summed E-state index contributed by atoms with van der Waals surface area (Å²) in [7, 11) is -2.92. The molecule has 1 aliphatic heterocycles. The molecule has 0 unspecified atom stereocenters. The number of nitrogens with zero attached hydrogens (tertiary/aromatic N) is 3. The molecule has 0 spiro atoms. The fourth-order valence-corrected chi connectivity index (χ4v) is 4.13. The van der Waals surface area contributed by atoms with E-state index in [-0.39, 0.29) is 17.5 Å². The molecule has 0 bridgehead atoms. The molecule has 23 heavy (non-hydrogen) atoms. The maximum absolute atomic E-state index is 11.7. The molecule has 1 aromatic carbocycles. The van der Waals surface area contributed by atoms with Gasteiger partial charge in [0.15, 0.2) is 9.84 Å². The van der Waals surface area contributed by atoms with Gasteiger partial charge in [-0.2, -0.15) is 4.98 Å². The minimum Gasteiger partial charge on any atom is -0.337 e. The summed E-state index contributed by atoms with van der Waals surface area (Å²) in [5.41, 5.74) is 2.04. The first-order valence-corrected chi connectivity index (χ1v) is 9.62. The average molecular weight is 335 g/mol. The zero-order chi connectivity index (χ0) is 16.4. The van der Waals surface area contributed by atoms with Gasteiger partial charge in [-0.1, -0.05) is 29.4 Å². The van der Waals surface area contributed by atoms with Gasteiger partial charge in [-0.25, -0.2) is 8.42 Å². The van der Waals surface area contributed by atoms with E-state index in [0.29, 0.717) is 24.7 Å². The number of aryl methyl sites for hydroxylation is 1. The van der Waals surface area contributed by atoms with Crippen LogP contribution in [0.5, 0.6) is 0 Å². The molecule has 0 amide bonds. The molecule has 7 heteroatoms. The molecule has 0 radical (unpaired) electrons. The first-order valence-electron chi connectivity index (χ1n) is 7.80. The van der Waals surface area contributed by atoms with Crippen LogP contribution in [0, 0.1) is 6.92 Å². The van der Waals surface area contributed by atoms with Crippen molar-refractivity contribution < 1.29 is 12.9 Å². The second-order valence-electron chi connectivity index (χ2n) is 5.99. The predicted molar refractivity (Wildman–Crippen MR) is 87.7 cm³/mol. The third kappa shape index (κ3) is 3.61. The lowest BCUT2D eigenvalue weighted by Crippen LogP contribution is -2.30. The molecule has 2 heterocycles. The van der Waals surface area contributed by atoms with E-state index in [1.807, 2.05) is 38.1 Å². The Morgan fingerprint density at radius 1 is 1.22 bits per heavy atom. The number of hydrogen-bond donors (Lipinski definition) is 0. The summed E-state index contributed by atoms with van der Waals surface area (Å²) in [6, 6.07) is 7.80. The Morgan fingerprint density at radius 3 is 2.78 bits per heavy atom. The number of sulfone groups is 1. The molecule has 3 rings (SSSR count). The van der Waals surface area contributed by atoms with E-state index in [1.54, 1.807) is 0 Å². The Kier molecular flexibility index (Phi) is 4.50. The van der Waals surface area contributed by atoms with Gasteiger partial charge in [0.25, 0.3) is 0 Å². The molecule has 124 valence electrons. The van der Waals surface area contributed by atoms with E-state index in [4.69, 9.17) is 4.52 Å². The molecule has 2 aromatic rings. The SMILES string of the molecule is Cc1ccccc1-c1noc([C@H](C)N2CCCS(=O)(=O)CC2)n1. The van der Waals surface area contributed by atoms with Crippen LogP contribution in [0.3, 0.4) is 0 Å². The number of benzene rings is 1. The fraction of sp³-hybridized carbons (Fsp3) is 0.500. The van der Waals surface area contributed by atoms with E-state index in [0.717, 1.165) is 17.7 Å². The highest BCUT2D eigenvalue weighted by molar-refractivity contribution is 7.91. The van der Waals surface area contributed by atoms with E-state index in [9.17, 15) is 8.42 Å². The third-order valence-electron chi connectivity index (χ3n) is 4.32. The summed E-state index contributed by atoms with van der Waals surface area (Å²) in [6.45, 7) is 5.22. The Morgan fingerprint density at radius 2 is 2.00 bits per heavy atom. The smallest absolute Gasteiger partial charge is 0.244 e. The molecule has 1 atom stereocenters. The van der Waals surface area contributed by atoms with Crippen LogP contribution in [-0.4, -0.2) is 48.1 Å². The van der Waals surface area contributed by atoms with Crippen LogP contribution in [0.1, 0.15) is 30.8 Å². The zero-order valence-corrected chi connectivity index (χ0v) is 14.2. The molecule has 1 aromatic heterocycles. The summed E-state index contributed by atoms with van der Waals surface area (Å²) in [4.78, 5) is 6.61. The molecule has 1 aliphatic rings. The molecule has 1 fully saturated rings. The topological polar surface area (TPSA) is 76.3 Å². The standard InChI is InChI=1S/C16H21N3O3S/c1-12-6-3-4-7-14(12)15-17-16(22-18-15)13(2)19-8-5-10-23(20,21)11-9-19/h3-4,6-7,13H,5,8-11H2,1-2H3/t13-/m0/s1. The Labute approximate surface area is 136 Å². The average Bonchev–Trinajstić information content (AvgIpc) is 2.92. The molecule has 1 saturated heterocycles. The summed E-state index contributed by atoms with van der Waals surface area (Å²) >= 11 is 0. The largest absolute Gasteiger partial charge is 0.337 e. The van der Waals surface area contributed by atoms with Crippen LogP contribution < -0.4 is 0 Å². The van der Waals surface area contributed by atoms with E-state index in [1.165, 1.54) is 0 Å². The lowest BCUT2D eigenvalue weighted by molar-refractivity contribution is 0.185. The van der Waals surface area contributed by atoms with Crippen LogP contribution in [0.4, 0.5) is 0 Å². The third-order valence-corrected chi connectivity index (χ3v) is 6.04. The second-order valence-corrected chi connectivity index (χ2v) is 8.29. The Hall–Kier alpha value is -1.73. The predicted octanol–water partition coefficient (Wildman–Crippen LogP) is 2.23.